The van der Waals surface area contributed by atoms with E-state index in [1.807, 2.05) is 85.8 Å². The van der Waals surface area contributed by atoms with Crippen LogP contribution in [0.5, 0.6) is 0 Å². The Morgan fingerprint density at radius 1 is 0.906 bits per heavy atom. The van der Waals surface area contributed by atoms with Crippen molar-refractivity contribution < 1.29 is 4.79 Å². The predicted molar refractivity (Wildman–Crippen MR) is 133 cm³/mol. The van der Waals surface area contributed by atoms with Crippen LogP contribution < -0.4 is 5.43 Å². The second-order valence-corrected chi connectivity index (χ2v) is 8.46. The quantitative estimate of drug-likeness (QED) is 0.258. The van der Waals surface area contributed by atoms with E-state index in [2.05, 4.69) is 50.1 Å². The maximum absolute atomic E-state index is 13.1. The third-order valence-electron chi connectivity index (χ3n) is 5.47. The summed E-state index contributed by atoms with van der Waals surface area (Å²) in [6.07, 6.45) is 1.71. The van der Waals surface area contributed by atoms with Gasteiger partial charge in [0.1, 0.15) is 0 Å². The topological polar surface area (TPSA) is 46.4 Å². The first-order chi connectivity index (χ1) is 15.6. The molecule has 0 aliphatic rings. The van der Waals surface area contributed by atoms with E-state index in [1.165, 1.54) is 0 Å². The SMILES string of the molecule is Cc1cc(/C=N\NC(=O)C(c2ccccc2)c2ccccc2)c(C)n1-c1ccccc1Br. The molecule has 1 amide bonds. The van der Waals surface area contributed by atoms with Crippen LogP contribution in [0.3, 0.4) is 0 Å². The number of rotatable bonds is 6. The summed E-state index contributed by atoms with van der Waals surface area (Å²) in [5, 5.41) is 4.30. The molecule has 0 bridgehead atoms. The number of amides is 1. The van der Waals surface area contributed by atoms with Gasteiger partial charge in [-0.3, -0.25) is 4.79 Å². The van der Waals surface area contributed by atoms with Crippen LogP contribution in [-0.2, 0) is 4.79 Å². The van der Waals surface area contributed by atoms with Gasteiger partial charge >= 0.3 is 0 Å². The highest BCUT2D eigenvalue weighted by Crippen LogP contribution is 2.27. The first kappa shape index (κ1) is 21.8. The molecule has 0 fully saturated rings. The average molecular weight is 486 g/mol. The number of benzene rings is 3. The molecule has 0 spiro atoms. The molecule has 3 aromatic carbocycles. The zero-order chi connectivity index (χ0) is 22.5. The third-order valence-corrected chi connectivity index (χ3v) is 6.14. The number of hydrogen-bond donors (Lipinski definition) is 1. The standard InChI is InChI=1S/C27H24BrN3O/c1-19-17-23(20(2)31(19)25-16-10-9-15-24(25)28)18-29-30-27(32)26(21-11-5-3-6-12-21)22-13-7-4-8-14-22/h3-18,26H,1-2H3,(H,30,32)/b29-18-. The fraction of sp³-hybridized carbons (Fsp3) is 0.111. The second-order valence-electron chi connectivity index (χ2n) is 7.60. The van der Waals surface area contributed by atoms with E-state index >= 15 is 0 Å². The molecule has 0 atom stereocenters. The Labute approximate surface area is 196 Å². The minimum Gasteiger partial charge on any atom is -0.317 e. The van der Waals surface area contributed by atoms with Crippen molar-refractivity contribution in [3.05, 3.63) is 124 Å². The molecule has 1 N–H and O–H groups in total. The summed E-state index contributed by atoms with van der Waals surface area (Å²) in [6, 6.07) is 29.7. The molecule has 32 heavy (non-hydrogen) atoms. The number of halogens is 1. The molecule has 4 rings (SSSR count). The molecule has 0 saturated carbocycles. The highest BCUT2D eigenvalue weighted by molar-refractivity contribution is 9.10. The molecule has 4 nitrogen and oxygen atoms in total. The van der Waals surface area contributed by atoms with Gasteiger partial charge in [0, 0.05) is 21.4 Å². The van der Waals surface area contributed by atoms with Gasteiger partial charge in [-0.1, -0.05) is 72.8 Å². The summed E-state index contributed by atoms with van der Waals surface area (Å²) in [7, 11) is 0. The van der Waals surface area contributed by atoms with E-state index in [9.17, 15) is 4.79 Å². The molecule has 1 heterocycles. The van der Waals surface area contributed by atoms with Crippen LogP contribution in [-0.4, -0.2) is 16.7 Å². The molecule has 5 heteroatoms. The molecule has 4 aromatic rings. The minimum atomic E-state index is -0.428. The second kappa shape index (κ2) is 9.79. The third kappa shape index (κ3) is 4.58. The van der Waals surface area contributed by atoms with Gasteiger partial charge in [0.05, 0.1) is 17.8 Å². The smallest absolute Gasteiger partial charge is 0.252 e. The van der Waals surface area contributed by atoms with Crippen molar-refractivity contribution in [2.45, 2.75) is 19.8 Å². The molecule has 160 valence electrons. The fourth-order valence-electron chi connectivity index (χ4n) is 3.94. The maximum Gasteiger partial charge on any atom is 0.252 e. The lowest BCUT2D eigenvalue weighted by Gasteiger charge is -2.16. The summed E-state index contributed by atoms with van der Waals surface area (Å²) in [5.41, 5.74) is 8.77. The zero-order valence-electron chi connectivity index (χ0n) is 18.0. The van der Waals surface area contributed by atoms with Gasteiger partial charge in [0.2, 0.25) is 0 Å². The lowest BCUT2D eigenvalue weighted by Crippen LogP contribution is -2.26. The van der Waals surface area contributed by atoms with Crippen LogP contribution in [0.25, 0.3) is 5.69 Å². The summed E-state index contributed by atoms with van der Waals surface area (Å²) in [5.74, 6) is -0.597. The van der Waals surface area contributed by atoms with Crippen molar-refractivity contribution in [1.29, 1.82) is 0 Å². The number of nitrogens with zero attached hydrogens (tertiary/aromatic N) is 2. The minimum absolute atomic E-state index is 0.168. The lowest BCUT2D eigenvalue weighted by molar-refractivity contribution is -0.121. The number of hydrazone groups is 1. The Morgan fingerprint density at radius 2 is 1.47 bits per heavy atom. The highest BCUT2D eigenvalue weighted by Gasteiger charge is 2.22. The van der Waals surface area contributed by atoms with Crippen molar-refractivity contribution in [3.8, 4) is 5.69 Å². The number of aryl methyl sites for hydroxylation is 1. The zero-order valence-corrected chi connectivity index (χ0v) is 19.6. The predicted octanol–water partition coefficient (Wildman–Crippen LogP) is 6.14. The Kier molecular flexibility index (Phi) is 6.66. The number of nitrogens with one attached hydrogen (secondary N) is 1. The summed E-state index contributed by atoms with van der Waals surface area (Å²) < 4.78 is 3.19. The number of aromatic nitrogens is 1. The Balaban J connectivity index is 1.58. The van der Waals surface area contributed by atoms with E-state index in [0.29, 0.717) is 0 Å². The molecule has 0 unspecified atom stereocenters. The van der Waals surface area contributed by atoms with Crippen molar-refractivity contribution in [3.63, 3.8) is 0 Å². The van der Waals surface area contributed by atoms with Crippen molar-refractivity contribution in [2.75, 3.05) is 0 Å². The van der Waals surface area contributed by atoms with E-state index < -0.39 is 5.92 Å². The first-order valence-corrected chi connectivity index (χ1v) is 11.2. The molecule has 1 aromatic heterocycles. The molecular formula is C27H24BrN3O. The Hall–Kier alpha value is -3.44. The van der Waals surface area contributed by atoms with Crippen LogP contribution in [0, 0.1) is 13.8 Å². The van der Waals surface area contributed by atoms with Crippen molar-refractivity contribution >= 4 is 28.1 Å². The fourth-order valence-corrected chi connectivity index (χ4v) is 4.40. The first-order valence-electron chi connectivity index (χ1n) is 10.4. The summed E-state index contributed by atoms with van der Waals surface area (Å²) >= 11 is 3.63. The number of carbonyl (C=O) groups is 1. The number of carbonyl (C=O) groups excluding carboxylic acids is 1. The highest BCUT2D eigenvalue weighted by atomic mass is 79.9. The lowest BCUT2D eigenvalue weighted by atomic mass is 9.91. The van der Waals surface area contributed by atoms with Crippen molar-refractivity contribution in [1.82, 2.24) is 9.99 Å². The molecular weight excluding hydrogens is 462 g/mol. The number of para-hydroxylation sites is 1. The largest absolute Gasteiger partial charge is 0.317 e. The molecule has 0 radical (unpaired) electrons. The van der Waals surface area contributed by atoms with Gasteiger partial charge < -0.3 is 4.57 Å². The maximum atomic E-state index is 13.1. The monoisotopic (exact) mass is 485 g/mol. The normalized spacial score (nSPS) is 11.2. The van der Waals surface area contributed by atoms with Crippen LogP contribution in [0.4, 0.5) is 0 Å². The van der Waals surface area contributed by atoms with Crippen molar-refractivity contribution in [2.24, 2.45) is 5.10 Å². The van der Waals surface area contributed by atoms with Gasteiger partial charge in [-0.2, -0.15) is 5.10 Å². The Morgan fingerprint density at radius 3 is 2.06 bits per heavy atom. The number of hydrogen-bond acceptors (Lipinski definition) is 2. The van der Waals surface area contributed by atoms with Crippen LogP contribution in [0.15, 0.2) is 101 Å². The van der Waals surface area contributed by atoms with Gasteiger partial charge in [-0.15, -0.1) is 0 Å². The van der Waals surface area contributed by atoms with E-state index in [-0.39, 0.29) is 5.91 Å². The van der Waals surface area contributed by atoms with E-state index in [4.69, 9.17) is 0 Å². The molecule has 0 aliphatic heterocycles. The van der Waals surface area contributed by atoms with Gasteiger partial charge in [0.25, 0.3) is 5.91 Å². The van der Waals surface area contributed by atoms with Crippen LogP contribution in [0.1, 0.15) is 34.0 Å². The Bertz CT molecular complexity index is 1210. The summed E-state index contributed by atoms with van der Waals surface area (Å²) in [4.78, 5) is 13.1. The van der Waals surface area contributed by atoms with Gasteiger partial charge in [-0.05, 0) is 59.1 Å². The van der Waals surface area contributed by atoms with E-state index in [0.717, 1.165) is 38.2 Å². The van der Waals surface area contributed by atoms with Crippen LogP contribution in [0.2, 0.25) is 0 Å². The van der Waals surface area contributed by atoms with Crippen LogP contribution >= 0.6 is 15.9 Å². The molecule has 0 aliphatic carbocycles. The van der Waals surface area contributed by atoms with Gasteiger partial charge in [0.15, 0.2) is 0 Å². The van der Waals surface area contributed by atoms with E-state index in [1.54, 1.807) is 6.21 Å². The average Bonchev–Trinajstić information content (AvgIpc) is 3.09. The van der Waals surface area contributed by atoms with Gasteiger partial charge in [-0.25, -0.2) is 5.43 Å². The summed E-state index contributed by atoms with van der Waals surface area (Å²) in [6.45, 7) is 4.11. The molecule has 0 saturated heterocycles.